The summed E-state index contributed by atoms with van der Waals surface area (Å²) in [7, 11) is 4.48. The molecular formula is C26H24N2O6. The minimum atomic E-state index is -0.886. The lowest BCUT2D eigenvalue weighted by Crippen LogP contribution is -2.29. The summed E-state index contributed by atoms with van der Waals surface area (Å²) in [6.07, 6.45) is 3.26. The van der Waals surface area contributed by atoms with Crippen molar-refractivity contribution in [2.45, 2.75) is 12.6 Å². The summed E-state index contributed by atoms with van der Waals surface area (Å²) < 4.78 is 16.2. The number of pyridine rings is 1. The Balaban J connectivity index is 1.93. The highest BCUT2D eigenvalue weighted by Crippen LogP contribution is 2.44. The lowest BCUT2D eigenvalue weighted by Gasteiger charge is -2.26. The van der Waals surface area contributed by atoms with Crippen LogP contribution in [0.15, 0.2) is 72.6 Å². The van der Waals surface area contributed by atoms with E-state index in [4.69, 9.17) is 14.2 Å². The van der Waals surface area contributed by atoms with Crippen molar-refractivity contribution in [3.63, 3.8) is 0 Å². The lowest BCUT2D eigenvalue weighted by atomic mass is 9.94. The van der Waals surface area contributed by atoms with E-state index >= 15 is 0 Å². The summed E-state index contributed by atoms with van der Waals surface area (Å²) in [5.74, 6) is -0.564. The Morgan fingerprint density at radius 1 is 0.971 bits per heavy atom. The van der Waals surface area contributed by atoms with Crippen molar-refractivity contribution in [2.75, 3.05) is 21.3 Å². The molecule has 1 N–H and O–H groups in total. The van der Waals surface area contributed by atoms with Crippen LogP contribution in [-0.2, 0) is 16.1 Å². The van der Waals surface area contributed by atoms with Crippen LogP contribution in [0.1, 0.15) is 22.7 Å². The molecule has 1 amide bonds. The highest BCUT2D eigenvalue weighted by Gasteiger charge is 2.47. The lowest BCUT2D eigenvalue weighted by molar-refractivity contribution is -0.140. The summed E-state index contributed by atoms with van der Waals surface area (Å²) in [4.78, 5) is 32.0. The van der Waals surface area contributed by atoms with Crippen LogP contribution in [0.4, 0.5) is 0 Å². The molecule has 3 aromatic rings. The molecule has 0 saturated carbocycles. The van der Waals surface area contributed by atoms with Crippen LogP contribution in [0.25, 0.3) is 5.76 Å². The number of carbonyl (C=O) groups is 2. The summed E-state index contributed by atoms with van der Waals surface area (Å²) >= 11 is 0. The van der Waals surface area contributed by atoms with Gasteiger partial charge in [0.15, 0.2) is 0 Å². The van der Waals surface area contributed by atoms with Crippen LogP contribution >= 0.6 is 0 Å². The molecule has 8 heteroatoms. The third-order valence-electron chi connectivity index (χ3n) is 5.71. The maximum Gasteiger partial charge on any atom is 0.295 e. The molecule has 0 spiro atoms. The van der Waals surface area contributed by atoms with E-state index in [0.29, 0.717) is 22.8 Å². The van der Waals surface area contributed by atoms with E-state index in [-0.39, 0.29) is 23.4 Å². The van der Waals surface area contributed by atoms with Gasteiger partial charge in [-0.05, 0) is 29.8 Å². The number of para-hydroxylation sites is 1. The van der Waals surface area contributed by atoms with Gasteiger partial charge in [-0.25, -0.2) is 0 Å². The fraction of sp³-hybridized carbons (Fsp3) is 0.192. The van der Waals surface area contributed by atoms with Crippen molar-refractivity contribution >= 4 is 17.4 Å². The molecule has 1 aromatic heterocycles. The van der Waals surface area contributed by atoms with E-state index in [0.717, 1.165) is 5.56 Å². The number of ether oxygens (including phenoxy) is 3. The molecule has 0 bridgehead atoms. The minimum absolute atomic E-state index is 0.0538. The highest BCUT2D eigenvalue weighted by atomic mass is 16.5. The molecule has 0 radical (unpaired) electrons. The van der Waals surface area contributed by atoms with Gasteiger partial charge >= 0.3 is 0 Å². The molecule has 4 rings (SSSR count). The molecule has 2 heterocycles. The third kappa shape index (κ3) is 4.05. The number of ketones is 1. The zero-order valence-corrected chi connectivity index (χ0v) is 19.0. The van der Waals surface area contributed by atoms with E-state index in [1.807, 2.05) is 6.07 Å². The van der Waals surface area contributed by atoms with Gasteiger partial charge in [-0.2, -0.15) is 0 Å². The van der Waals surface area contributed by atoms with Crippen LogP contribution in [0.5, 0.6) is 17.2 Å². The summed E-state index contributed by atoms with van der Waals surface area (Å²) in [5.41, 5.74) is 1.53. The van der Waals surface area contributed by atoms with Gasteiger partial charge < -0.3 is 24.2 Å². The van der Waals surface area contributed by atoms with Crippen LogP contribution in [0, 0.1) is 0 Å². The molecule has 34 heavy (non-hydrogen) atoms. The maximum atomic E-state index is 13.3. The van der Waals surface area contributed by atoms with E-state index in [1.165, 1.54) is 26.2 Å². The van der Waals surface area contributed by atoms with Gasteiger partial charge in [0.05, 0.1) is 38.5 Å². The number of carbonyl (C=O) groups excluding carboxylic acids is 2. The molecule has 1 atom stereocenters. The van der Waals surface area contributed by atoms with Gasteiger partial charge in [-0.15, -0.1) is 0 Å². The number of hydrogen-bond acceptors (Lipinski definition) is 7. The Bertz CT molecular complexity index is 1260. The molecule has 2 aromatic carbocycles. The molecule has 174 valence electrons. The first-order valence-corrected chi connectivity index (χ1v) is 10.5. The van der Waals surface area contributed by atoms with E-state index in [2.05, 4.69) is 4.98 Å². The first kappa shape index (κ1) is 22.8. The first-order valence-electron chi connectivity index (χ1n) is 10.5. The van der Waals surface area contributed by atoms with Crippen molar-refractivity contribution in [3.05, 3.63) is 89.3 Å². The smallest absolute Gasteiger partial charge is 0.295 e. The molecule has 8 nitrogen and oxygen atoms in total. The number of nitrogens with zero attached hydrogens (tertiary/aromatic N) is 2. The average molecular weight is 460 g/mol. The van der Waals surface area contributed by atoms with Gasteiger partial charge in [0, 0.05) is 30.6 Å². The predicted molar refractivity (Wildman–Crippen MR) is 125 cm³/mol. The predicted octanol–water partition coefficient (Wildman–Crippen LogP) is 3.73. The summed E-state index contributed by atoms with van der Waals surface area (Å²) in [6, 6.07) is 14.6. The number of aliphatic hydroxyl groups is 1. The van der Waals surface area contributed by atoms with E-state index in [9.17, 15) is 14.7 Å². The van der Waals surface area contributed by atoms with Gasteiger partial charge in [-0.1, -0.05) is 24.3 Å². The number of aromatic nitrogens is 1. The standard InChI is InChI=1S/C26H24N2O6/c1-32-17-10-11-19(21(13-17)34-3)24(29)22-23(18-8-4-5-9-20(18)33-2)28(26(31)25(22)30)15-16-7-6-12-27-14-16/h4-14,23,29H,15H2,1-3H3/b24-22+. The minimum Gasteiger partial charge on any atom is -0.507 e. The van der Waals surface area contributed by atoms with E-state index < -0.39 is 17.7 Å². The average Bonchev–Trinajstić information content (AvgIpc) is 3.13. The van der Waals surface area contributed by atoms with Gasteiger partial charge in [0.25, 0.3) is 11.7 Å². The van der Waals surface area contributed by atoms with Crippen LogP contribution in [-0.4, -0.2) is 48.0 Å². The maximum absolute atomic E-state index is 13.3. The number of rotatable bonds is 7. The van der Waals surface area contributed by atoms with Gasteiger partial charge in [0.2, 0.25) is 0 Å². The second-order valence-electron chi connectivity index (χ2n) is 7.60. The summed E-state index contributed by atoms with van der Waals surface area (Å²) in [5, 5.41) is 11.4. The Morgan fingerprint density at radius 2 is 1.74 bits per heavy atom. The zero-order chi connectivity index (χ0) is 24.2. The number of aliphatic hydroxyl groups excluding tert-OH is 1. The molecule has 1 saturated heterocycles. The molecule has 1 aliphatic heterocycles. The molecule has 1 fully saturated rings. The topological polar surface area (TPSA) is 98.2 Å². The molecule has 1 aliphatic rings. The highest BCUT2D eigenvalue weighted by molar-refractivity contribution is 6.46. The molecular weight excluding hydrogens is 436 g/mol. The summed E-state index contributed by atoms with van der Waals surface area (Å²) in [6.45, 7) is 0.123. The Morgan fingerprint density at radius 3 is 2.41 bits per heavy atom. The third-order valence-corrected chi connectivity index (χ3v) is 5.71. The first-order chi connectivity index (χ1) is 16.5. The second-order valence-corrected chi connectivity index (χ2v) is 7.60. The number of methoxy groups -OCH3 is 3. The quantitative estimate of drug-likeness (QED) is 0.326. The molecule has 0 aliphatic carbocycles. The molecule has 1 unspecified atom stereocenters. The van der Waals surface area contributed by atoms with Crippen molar-refractivity contribution < 1.29 is 28.9 Å². The van der Waals surface area contributed by atoms with Crippen LogP contribution in [0.2, 0.25) is 0 Å². The van der Waals surface area contributed by atoms with Crippen molar-refractivity contribution in [1.29, 1.82) is 0 Å². The normalized spacial score (nSPS) is 17.0. The van der Waals surface area contributed by atoms with Crippen LogP contribution < -0.4 is 14.2 Å². The SMILES string of the molecule is COc1ccc(/C(O)=C2\C(=O)C(=O)N(Cc3cccnc3)C2c2ccccc2OC)c(OC)c1. The van der Waals surface area contributed by atoms with Crippen molar-refractivity contribution in [1.82, 2.24) is 9.88 Å². The van der Waals surface area contributed by atoms with Crippen molar-refractivity contribution in [3.8, 4) is 17.2 Å². The van der Waals surface area contributed by atoms with Crippen LogP contribution in [0.3, 0.4) is 0 Å². The Kier molecular flexibility index (Phi) is 6.49. The zero-order valence-electron chi connectivity index (χ0n) is 19.0. The fourth-order valence-electron chi connectivity index (χ4n) is 4.09. The second kappa shape index (κ2) is 9.66. The largest absolute Gasteiger partial charge is 0.507 e. The Hall–Kier alpha value is -4.33. The monoisotopic (exact) mass is 460 g/mol. The van der Waals surface area contributed by atoms with Gasteiger partial charge in [0.1, 0.15) is 23.0 Å². The number of hydrogen-bond donors (Lipinski definition) is 1. The number of Topliss-reactive ketones (excluding diaryl/α,β-unsaturated/α-hetero) is 1. The van der Waals surface area contributed by atoms with E-state index in [1.54, 1.807) is 60.9 Å². The van der Waals surface area contributed by atoms with Crippen molar-refractivity contribution in [2.24, 2.45) is 0 Å². The number of likely N-dealkylation sites (tertiary alicyclic amines) is 1. The fourth-order valence-corrected chi connectivity index (χ4v) is 4.09. The number of benzene rings is 2. The Labute approximate surface area is 197 Å². The van der Waals surface area contributed by atoms with Gasteiger partial charge in [-0.3, -0.25) is 14.6 Å². The number of amides is 1.